The molecule has 1 fully saturated rings. The standard InChI is InChI=1S/C31H42Si2/c1-32(2,3)25-15-16-26-23(21-25)22-28-27(26)17-18-29(33(4,5)6)30(28)31(24-13-9-10-14-24)19-11-7-8-12-20-31/h9-10,13-18,21,24H,7-8,11-12,19-20,22H2,1-6H3. The lowest BCUT2D eigenvalue weighted by atomic mass is 9.64. The zero-order valence-electron chi connectivity index (χ0n) is 21.7. The second kappa shape index (κ2) is 8.24. The predicted octanol–water partition coefficient (Wildman–Crippen LogP) is 7.68. The molecule has 2 aromatic rings. The second-order valence-corrected chi connectivity index (χ2v) is 23.0. The molecule has 3 aliphatic rings. The fourth-order valence-corrected chi connectivity index (χ4v) is 9.77. The number of rotatable bonds is 4. The molecule has 0 heterocycles. The monoisotopic (exact) mass is 470 g/mol. The third-order valence-corrected chi connectivity index (χ3v) is 12.7. The molecule has 174 valence electrons. The Hall–Kier alpha value is -1.65. The molecule has 0 spiro atoms. The van der Waals surface area contributed by atoms with Crippen molar-refractivity contribution in [3.63, 3.8) is 0 Å². The average molecular weight is 471 g/mol. The Kier molecular flexibility index (Phi) is 5.77. The first kappa shape index (κ1) is 23.1. The van der Waals surface area contributed by atoms with E-state index in [1.54, 1.807) is 32.6 Å². The molecule has 5 rings (SSSR count). The van der Waals surface area contributed by atoms with Crippen molar-refractivity contribution in [1.29, 1.82) is 0 Å². The zero-order chi connectivity index (χ0) is 23.4. The fraction of sp³-hybridized carbons (Fsp3) is 0.484. The third kappa shape index (κ3) is 3.97. The van der Waals surface area contributed by atoms with Gasteiger partial charge in [-0.2, -0.15) is 0 Å². The van der Waals surface area contributed by atoms with Gasteiger partial charge < -0.3 is 0 Å². The van der Waals surface area contributed by atoms with Crippen molar-refractivity contribution in [2.24, 2.45) is 5.92 Å². The summed E-state index contributed by atoms with van der Waals surface area (Å²) in [5.74, 6) is 0.554. The van der Waals surface area contributed by atoms with Gasteiger partial charge in [0.15, 0.2) is 0 Å². The molecule has 0 bridgehead atoms. The molecule has 0 radical (unpaired) electrons. The Morgan fingerprint density at radius 3 is 1.97 bits per heavy atom. The van der Waals surface area contributed by atoms with E-state index in [1.165, 1.54) is 44.1 Å². The number of benzene rings is 2. The second-order valence-electron chi connectivity index (χ2n) is 12.9. The summed E-state index contributed by atoms with van der Waals surface area (Å²) in [7, 11) is -2.82. The van der Waals surface area contributed by atoms with Gasteiger partial charge in [-0.3, -0.25) is 0 Å². The summed E-state index contributed by atoms with van der Waals surface area (Å²) in [5, 5.41) is 3.34. The lowest BCUT2D eigenvalue weighted by Crippen LogP contribution is -2.47. The van der Waals surface area contributed by atoms with E-state index in [1.807, 2.05) is 0 Å². The van der Waals surface area contributed by atoms with E-state index in [0.29, 0.717) is 5.92 Å². The van der Waals surface area contributed by atoms with Gasteiger partial charge in [-0.15, -0.1) is 0 Å². The number of hydrogen-bond donors (Lipinski definition) is 0. The van der Waals surface area contributed by atoms with Gasteiger partial charge in [-0.05, 0) is 47.1 Å². The Balaban J connectivity index is 1.75. The molecule has 2 heteroatoms. The van der Waals surface area contributed by atoms with Crippen LogP contribution in [0.1, 0.15) is 55.2 Å². The largest absolute Gasteiger partial charge is 0.0779 e. The highest BCUT2D eigenvalue weighted by Gasteiger charge is 2.44. The van der Waals surface area contributed by atoms with Crippen LogP contribution in [0.25, 0.3) is 11.1 Å². The molecule has 0 atom stereocenters. The van der Waals surface area contributed by atoms with E-state index in [0.717, 1.165) is 6.42 Å². The van der Waals surface area contributed by atoms with Crippen LogP contribution in [0.2, 0.25) is 39.3 Å². The number of allylic oxidation sites excluding steroid dienone is 4. The maximum absolute atomic E-state index is 2.58. The smallest absolute Gasteiger partial charge is 0.0767 e. The number of hydrogen-bond acceptors (Lipinski definition) is 0. The zero-order valence-corrected chi connectivity index (χ0v) is 23.7. The lowest BCUT2D eigenvalue weighted by molar-refractivity contribution is 0.317. The topological polar surface area (TPSA) is 0 Å². The van der Waals surface area contributed by atoms with Crippen LogP contribution >= 0.6 is 0 Å². The van der Waals surface area contributed by atoms with Gasteiger partial charge in [-0.1, -0.05) is 130 Å². The van der Waals surface area contributed by atoms with Gasteiger partial charge in [0, 0.05) is 11.3 Å². The minimum atomic E-state index is -1.50. The molecule has 2 aromatic carbocycles. The van der Waals surface area contributed by atoms with E-state index >= 15 is 0 Å². The van der Waals surface area contributed by atoms with Gasteiger partial charge in [-0.25, -0.2) is 0 Å². The van der Waals surface area contributed by atoms with Crippen molar-refractivity contribution >= 4 is 26.5 Å². The summed E-state index contributed by atoms with van der Waals surface area (Å²) >= 11 is 0. The first-order valence-corrected chi connectivity index (χ1v) is 20.3. The Labute approximate surface area is 204 Å². The molecule has 0 aromatic heterocycles. The van der Waals surface area contributed by atoms with Gasteiger partial charge in [0.2, 0.25) is 0 Å². The maximum Gasteiger partial charge on any atom is 0.0779 e. The highest BCUT2D eigenvalue weighted by Crippen LogP contribution is 2.51. The van der Waals surface area contributed by atoms with Crippen LogP contribution < -0.4 is 10.4 Å². The molecule has 0 amide bonds. The predicted molar refractivity (Wildman–Crippen MR) is 152 cm³/mol. The van der Waals surface area contributed by atoms with Crippen molar-refractivity contribution in [2.45, 2.75) is 89.6 Å². The van der Waals surface area contributed by atoms with E-state index in [9.17, 15) is 0 Å². The van der Waals surface area contributed by atoms with Gasteiger partial charge >= 0.3 is 0 Å². The molecular formula is C31H42Si2. The van der Waals surface area contributed by atoms with Gasteiger partial charge in [0.05, 0.1) is 16.1 Å². The van der Waals surface area contributed by atoms with Crippen LogP contribution in [-0.2, 0) is 11.8 Å². The Bertz CT molecular complexity index is 1100. The molecule has 1 saturated carbocycles. The van der Waals surface area contributed by atoms with Crippen LogP contribution in [0.4, 0.5) is 0 Å². The lowest BCUT2D eigenvalue weighted by Gasteiger charge is -2.43. The van der Waals surface area contributed by atoms with Crippen LogP contribution in [0, 0.1) is 5.92 Å². The van der Waals surface area contributed by atoms with Crippen LogP contribution in [0.5, 0.6) is 0 Å². The third-order valence-electron chi connectivity index (χ3n) is 8.63. The molecule has 33 heavy (non-hydrogen) atoms. The van der Waals surface area contributed by atoms with Crippen molar-refractivity contribution < 1.29 is 0 Å². The Morgan fingerprint density at radius 2 is 1.36 bits per heavy atom. The van der Waals surface area contributed by atoms with Crippen molar-refractivity contribution in [2.75, 3.05) is 0 Å². The minimum Gasteiger partial charge on any atom is -0.0767 e. The molecule has 0 nitrogen and oxygen atoms in total. The molecule has 0 unspecified atom stereocenters. The molecule has 0 saturated heterocycles. The SMILES string of the molecule is C[Si](C)(C)c1ccc2c(c1)Cc1c-2ccc([Si](C)(C)C)c1C1(C2C=CC=C2)CCCCCC1. The summed E-state index contributed by atoms with van der Waals surface area (Å²) < 4.78 is 0. The van der Waals surface area contributed by atoms with E-state index in [2.05, 4.69) is 93.9 Å². The summed E-state index contributed by atoms with van der Waals surface area (Å²) in [6.45, 7) is 15.1. The van der Waals surface area contributed by atoms with Crippen LogP contribution in [0.3, 0.4) is 0 Å². The molecular weight excluding hydrogens is 429 g/mol. The highest BCUT2D eigenvalue weighted by molar-refractivity contribution is 6.89. The molecule has 0 N–H and O–H groups in total. The first-order chi connectivity index (χ1) is 15.6. The first-order valence-electron chi connectivity index (χ1n) is 13.3. The van der Waals surface area contributed by atoms with Crippen LogP contribution in [0.15, 0.2) is 54.6 Å². The average Bonchev–Trinajstić information content (AvgIpc) is 3.34. The summed E-state index contributed by atoms with van der Waals surface area (Å²) in [6.07, 6.45) is 19.0. The summed E-state index contributed by atoms with van der Waals surface area (Å²) in [5.41, 5.74) is 8.38. The van der Waals surface area contributed by atoms with E-state index in [-0.39, 0.29) is 5.41 Å². The minimum absolute atomic E-state index is 0.268. The summed E-state index contributed by atoms with van der Waals surface area (Å²) in [4.78, 5) is 0. The molecule has 3 aliphatic carbocycles. The van der Waals surface area contributed by atoms with Gasteiger partial charge in [0.25, 0.3) is 0 Å². The van der Waals surface area contributed by atoms with Crippen molar-refractivity contribution in [1.82, 2.24) is 0 Å². The summed E-state index contributed by atoms with van der Waals surface area (Å²) in [6, 6.07) is 12.5. The van der Waals surface area contributed by atoms with E-state index in [4.69, 9.17) is 0 Å². The quantitative estimate of drug-likeness (QED) is 0.271. The number of fused-ring (bicyclic) bond motifs is 3. The van der Waals surface area contributed by atoms with E-state index < -0.39 is 16.1 Å². The highest BCUT2D eigenvalue weighted by atomic mass is 28.3. The fourth-order valence-electron chi connectivity index (χ4n) is 6.85. The van der Waals surface area contributed by atoms with Gasteiger partial charge in [0.1, 0.15) is 0 Å². The van der Waals surface area contributed by atoms with Crippen LogP contribution in [-0.4, -0.2) is 16.1 Å². The maximum atomic E-state index is 2.58. The Morgan fingerprint density at radius 1 is 0.727 bits per heavy atom. The normalized spacial score (nSPS) is 20.1. The van der Waals surface area contributed by atoms with Crippen molar-refractivity contribution in [3.8, 4) is 11.1 Å². The van der Waals surface area contributed by atoms with Crippen molar-refractivity contribution in [3.05, 3.63) is 71.3 Å². The molecule has 0 aliphatic heterocycles.